The standard InChI is InChI=1S/C14H26N2O5S/c1-12(17)9-15-4-6-16(7-5-15)14(18)11-22(19,20)10-13-3-2-8-21-13/h12-13,17H,2-11H2,1H3/t12-,13+/m1/s1. The Morgan fingerprint density at radius 1 is 1.32 bits per heavy atom. The Bertz CT molecular complexity index is 466. The number of amides is 1. The molecule has 22 heavy (non-hydrogen) atoms. The molecule has 8 heteroatoms. The summed E-state index contributed by atoms with van der Waals surface area (Å²) < 4.78 is 29.5. The van der Waals surface area contributed by atoms with Gasteiger partial charge in [-0.3, -0.25) is 9.69 Å². The van der Waals surface area contributed by atoms with Gasteiger partial charge in [0.2, 0.25) is 5.91 Å². The monoisotopic (exact) mass is 334 g/mol. The van der Waals surface area contributed by atoms with Gasteiger partial charge in [-0.15, -0.1) is 0 Å². The van der Waals surface area contributed by atoms with Crippen molar-refractivity contribution in [2.45, 2.75) is 32.0 Å². The number of carbonyl (C=O) groups excluding carboxylic acids is 1. The first-order chi connectivity index (χ1) is 10.4. The van der Waals surface area contributed by atoms with Crippen molar-refractivity contribution in [2.24, 2.45) is 0 Å². The van der Waals surface area contributed by atoms with Gasteiger partial charge in [0.05, 0.1) is 18.0 Å². The third kappa shape index (κ3) is 5.49. The summed E-state index contributed by atoms with van der Waals surface area (Å²) in [5, 5.41) is 9.35. The molecule has 2 atom stereocenters. The summed E-state index contributed by atoms with van der Waals surface area (Å²) in [5.74, 6) is -0.807. The van der Waals surface area contributed by atoms with Crippen LogP contribution in [0.4, 0.5) is 0 Å². The summed E-state index contributed by atoms with van der Waals surface area (Å²) in [6.07, 6.45) is 1.000. The number of sulfone groups is 1. The van der Waals surface area contributed by atoms with E-state index in [4.69, 9.17) is 4.74 Å². The third-order valence-electron chi connectivity index (χ3n) is 4.05. The van der Waals surface area contributed by atoms with Gasteiger partial charge in [0.1, 0.15) is 5.75 Å². The molecule has 2 aliphatic rings. The van der Waals surface area contributed by atoms with Crippen LogP contribution in [-0.4, -0.2) is 92.3 Å². The van der Waals surface area contributed by atoms with Crippen molar-refractivity contribution in [3.63, 3.8) is 0 Å². The maximum absolute atomic E-state index is 12.2. The largest absolute Gasteiger partial charge is 0.392 e. The van der Waals surface area contributed by atoms with Crippen molar-refractivity contribution in [2.75, 3.05) is 50.8 Å². The van der Waals surface area contributed by atoms with Crippen molar-refractivity contribution in [1.29, 1.82) is 0 Å². The lowest BCUT2D eigenvalue weighted by atomic mass is 10.3. The van der Waals surface area contributed by atoms with Gasteiger partial charge in [-0.1, -0.05) is 0 Å². The molecule has 0 bridgehead atoms. The predicted molar refractivity (Wildman–Crippen MR) is 82.3 cm³/mol. The molecule has 1 amide bonds. The zero-order chi connectivity index (χ0) is 16.2. The molecule has 2 heterocycles. The van der Waals surface area contributed by atoms with Crippen molar-refractivity contribution < 1.29 is 23.1 Å². The minimum atomic E-state index is -3.42. The lowest BCUT2D eigenvalue weighted by Crippen LogP contribution is -2.51. The molecule has 0 aromatic rings. The van der Waals surface area contributed by atoms with E-state index in [0.717, 1.165) is 12.8 Å². The van der Waals surface area contributed by atoms with Crippen LogP contribution in [0.15, 0.2) is 0 Å². The van der Waals surface area contributed by atoms with Gasteiger partial charge in [0.25, 0.3) is 0 Å². The van der Waals surface area contributed by atoms with E-state index in [2.05, 4.69) is 4.90 Å². The normalized spacial score (nSPS) is 25.4. The zero-order valence-corrected chi connectivity index (χ0v) is 13.9. The minimum Gasteiger partial charge on any atom is -0.392 e. The zero-order valence-electron chi connectivity index (χ0n) is 13.1. The molecule has 0 radical (unpaired) electrons. The van der Waals surface area contributed by atoms with Crippen LogP contribution in [0.3, 0.4) is 0 Å². The van der Waals surface area contributed by atoms with E-state index >= 15 is 0 Å². The molecular formula is C14H26N2O5S. The molecular weight excluding hydrogens is 308 g/mol. The first-order valence-electron chi connectivity index (χ1n) is 7.86. The molecule has 2 saturated heterocycles. The number of nitrogens with zero attached hydrogens (tertiary/aromatic N) is 2. The highest BCUT2D eigenvalue weighted by atomic mass is 32.2. The van der Waals surface area contributed by atoms with Crippen LogP contribution in [0.25, 0.3) is 0 Å². The first kappa shape index (κ1) is 17.7. The first-order valence-corrected chi connectivity index (χ1v) is 9.68. The average molecular weight is 334 g/mol. The van der Waals surface area contributed by atoms with Crippen LogP contribution < -0.4 is 0 Å². The molecule has 0 saturated carbocycles. The lowest BCUT2D eigenvalue weighted by Gasteiger charge is -2.35. The fourth-order valence-corrected chi connectivity index (χ4v) is 4.46. The van der Waals surface area contributed by atoms with Crippen LogP contribution in [0.5, 0.6) is 0 Å². The smallest absolute Gasteiger partial charge is 0.237 e. The molecule has 1 N–H and O–H groups in total. The number of hydrogen-bond donors (Lipinski definition) is 1. The van der Waals surface area contributed by atoms with Crippen molar-refractivity contribution >= 4 is 15.7 Å². The quantitative estimate of drug-likeness (QED) is 0.678. The highest BCUT2D eigenvalue weighted by Crippen LogP contribution is 2.15. The molecule has 0 aromatic carbocycles. The predicted octanol–water partition coefficient (Wildman–Crippen LogP) is -0.895. The molecule has 128 valence electrons. The van der Waals surface area contributed by atoms with E-state index in [1.807, 2.05) is 0 Å². The van der Waals surface area contributed by atoms with Crippen molar-refractivity contribution in [3.05, 3.63) is 0 Å². The van der Waals surface area contributed by atoms with Gasteiger partial charge in [0.15, 0.2) is 9.84 Å². The number of aliphatic hydroxyl groups excluding tert-OH is 1. The fraction of sp³-hybridized carbons (Fsp3) is 0.929. The molecule has 0 aliphatic carbocycles. The van der Waals surface area contributed by atoms with Crippen molar-refractivity contribution in [3.8, 4) is 0 Å². The second-order valence-electron chi connectivity index (χ2n) is 6.22. The Morgan fingerprint density at radius 2 is 2.00 bits per heavy atom. The van der Waals surface area contributed by atoms with E-state index in [9.17, 15) is 18.3 Å². The van der Waals surface area contributed by atoms with Gasteiger partial charge in [0, 0.05) is 39.3 Å². The summed E-state index contributed by atoms with van der Waals surface area (Å²) in [6.45, 7) is 5.29. The van der Waals surface area contributed by atoms with Crippen LogP contribution in [0.1, 0.15) is 19.8 Å². The summed E-state index contributed by atoms with van der Waals surface area (Å²) in [6, 6.07) is 0. The van der Waals surface area contributed by atoms with Crippen LogP contribution in [-0.2, 0) is 19.4 Å². The minimum absolute atomic E-state index is 0.0548. The number of piperazine rings is 1. The Labute approximate surface area is 132 Å². The molecule has 0 aromatic heterocycles. The molecule has 2 fully saturated rings. The molecule has 0 unspecified atom stereocenters. The van der Waals surface area contributed by atoms with Crippen LogP contribution in [0.2, 0.25) is 0 Å². The maximum atomic E-state index is 12.2. The van der Waals surface area contributed by atoms with Crippen LogP contribution >= 0.6 is 0 Å². The van der Waals surface area contributed by atoms with Gasteiger partial charge in [-0.2, -0.15) is 0 Å². The number of ether oxygens (including phenoxy) is 1. The van der Waals surface area contributed by atoms with E-state index in [0.29, 0.717) is 39.3 Å². The van der Waals surface area contributed by atoms with Gasteiger partial charge >= 0.3 is 0 Å². The third-order valence-corrected chi connectivity index (χ3v) is 5.62. The second-order valence-corrected chi connectivity index (χ2v) is 8.33. The number of β-amino-alcohol motifs (C(OH)–C–C–N with tert-alkyl or cyclic N) is 1. The molecule has 0 spiro atoms. The molecule has 7 nitrogen and oxygen atoms in total. The van der Waals surface area contributed by atoms with E-state index in [-0.39, 0.29) is 17.8 Å². The fourth-order valence-electron chi connectivity index (χ4n) is 2.95. The molecule has 2 rings (SSSR count). The molecule has 2 aliphatic heterocycles. The Balaban J connectivity index is 1.77. The summed E-state index contributed by atoms with van der Waals surface area (Å²) in [5.41, 5.74) is 0. The summed E-state index contributed by atoms with van der Waals surface area (Å²) in [4.78, 5) is 15.8. The Kier molecular flexibility index (Phi) is 6.19. The highest BCUT2D eigenvalue weighted by molar-refractivity contribution is 7.92. The van der Waals surface area contributed by atoms with Gasteiger partial charge in [-0.05, 0) is 19.8 Å². The van der Waals surface area contributed by atoms with Crippen LogP contribution in [0, 0.1) is 0 Å². The highest BCUT2D eigenvalue weighted by Gasteiger charge is 2.29. The number of hydrogen-bond acceptors (Lipinski definition) is 6. The topological polar surface area (TPSA) is 87.2 Å². The number of rotatable bonds is 6. The van der Waals surface area contributed by atoms with E-state index in [1.165, 1.54) is 0 Å². The summed E-state index contributed by atoms with van der Waals surface area (Å²) >= 11 is 0. The summed E-state index contributed by atoms with van der Waals surface area (Å²) in [7, 11) is -3.42. The Morgan fingerprint density at radius 3 is 2.55 bits per heavy atom. The van der Waals surface area contributed by atoms with E-state index < -0.39 is 21.7 Å². The lowest BCUT2D eigenvalue weighted by molar-refractivity contribution is -0.130. The van der Waals surface area contributed by atoms with Gasteiger partial charge < -0.3 is 14.7 Å². The van der Waals surface area contributed by atoms with E-state index in [1.54, 1.807) is 11.8 Å². The number of carbonyl (C=O) groups is 1. The SMILES string of the molecule is C[C@@H](O)CN1CCN(C(=O)CS(=O)(=O)C[C@@H]2CCCO2)CC1. The maximum Gasteiger partial charge on any atom is 0.237 e. The average Bonchev–Trinajstić information content (AvgIpc) is 2.90. The Hall–Kier alpha value is -0.700. The number of aliphatic hydroxyl groups is 1. The van der Waals surface area contributed by atoms with Gasteiger partial charge in [-0.25, -0.2) is 8.42 Å². The van der Waals surface area contributed by atoms with Crippen molar-refractivity contribution in [1.82, 2.24) is 9.80 Å². The second kappa shape index (κ2) is 7.72.